The monoisotopic (exact) mass is 557 g/mol. The van der Waals surface area contributed by atoms with Gasteiger partial charge >= 0.3 is 6.36 Å². The minimum atomic E-state index is -4.79. The molecule has 0 unspecified atom stereocenters. The summed E-state index contributed by atoms with van der Waals surface area (Å²) in [5.74, 6) is 0.936. The standard InChI is InChI=1S/C29H34F3N5O3/c1-4-36(5-2)28(38)26-10-11-27(34-33-26)37-14-12-35(13-15-37)20-21-16-23(19-25(17-21)40-29(30,31)32)22-8-7-9-24(18-22)39-6-3/h7-11,16-19H,4-6,12-15,20H2,1-3H3. The summed E-state index contributed by atoms with van der Waals surface area (Å²) in [5.41, 5.74) is 2.39. The summed E-state index contributed by atoms with van der Waals surface area (Å²) in [4.78, 5) is 18.5. The predicted octanol–water partition coefficient (Wildman–Crippen LogP) is 5.25. The number of piperazine rings is 1. The fourth-order valence-corrected chi connectivity index (χ4v) is 4.72. The maximum absolute atomic E-state index is 13.1. The number of alkyl halides is 3. The molecule has 0 N–H and O–H groups in total. The normalized spacial score (nSPS) is 14.2. The first kappa shape index (κ1) is 29.1. The average molecular weight is 558 g/mol. The number of amides is 1. The molecule has 0 spiro atoms. The first-order valence-electron chi connectivity index (χ1n) is 13.4. The van der Waals surface area contributed by atoms with E-state index in [0.29, 0.717) is 80.8 Å². The quantitative estimate of drug-likeness (QED) is 0.338. The Bertz CT molecular complexity index is 1270. The van der Waals surface area contributed by atoms with Crippen LogP contribution in [0.15, 0.2) is 54.6 Å². The topological polar surface area (TPSA) is 71.0 Å². The van der Waals surface area contributed by atoms with Crippen molar-refractivity contribution in [1.29, 1.82) is 0 Å². The number of hydrogen-bond donors (Lipinski definition) is 0. The number of nitrogens with zero attached hydrogens (tertiary/aromatic N) is 5. The van der Waals surface area contributed by atoms with E-state index in [1.54, 1.807) is 23.1 Å². The second kappa shape index (κ2) is 13.0. The van der Waals surface area contributed by atoms with Gasteiger partial charge in [0.1, 0.15) is 11.5 Å². The highest BCUT2D eigenvalue weighted by atomic mass is 19.4. The first-order chi connectivity index (χ1) is 19.2. The molecule has 3 aromatic rings. The zero-order valence-corrected chi connectivity index (χ0v) is 22.9. The Kier molecular flexibility index (Phi) is 9.46. The van der Waals surface area contributed by atoms with Crippen LogP contribution >= 0.6 is 0 Å². The summed E-state index contributed by atoms with van der Waals surface area (Å²) in [7, 11) is 0. The van der Waals surface area contributed by atoms with E-state index in [4.69, 9.17) is 4.74 Å². The van der Waals surface area contributed by atoms with E-state index in [0.717, 1.165) is 5.56 Å². The van der Waals surface area contributed by atoms with E-state index in [2.05, 4.69) is 24.7 Å². The SMILES string of the molecule is CCOc1cccc(-c2cc(CN3CCN(c4ccc(C(=O)N(CC)CC)nn4)CC3)cc(OC(F)(F)F)c2)c1. The second-order valence-electron chi connectivity index (χ2n) is 9.39. The third-order valence-electron chi connectivity index (χ3n) is 6.70. The lowest BCUT2D eigenvalue weighted by molar-refractivity contribution is -0.274. The fourth-order valence-electron chi connectivity index (χ4n) is 4.72. The molecule has 4 rings (SSSR count). The third kappa shape index (κ3) is 7.62. The lowest BCUT2D eigenvalue weighted by atomic mass is 10.0. The molecule has 0 radical (unpaired) electrons. The lowest BCUT2D eigenvalue weighted by Gasteiger charge is -2.35. The molecule has 1 aliphatic rings. The number of benzene rings is 2. The van der Waals surface area contributed by atoms with Crippen LogP contribution < -0.4 is 14.4 Å². The first-order valence-corrected chi connectivity index (χ1v) is 13.4. The maximum Gasteiger partial charge on any atom is 0.573 e. The summed E-state index contributed by atoms with van der Waals surface area (Å²) in [6.07, 6.45) is -4.79. The van der Waals surface area contributed by atoms with E-state index in [1.807, 2.05) is 45.0 Å². The van der Waals surface area contributed by atoms with Gasteiger partial charge < -0.3 is 19.3 Å². The van der Waals surface area contributed by atoms with Crippen LogP contribution in [-0.2, 0) is 6.54 Å². The molecule has 0 aliphatic carbocycles. The van der Waals surface area contributed by atoms with Crippen molar-refractivity contribution in [2.24, 2.45) is 0 Å². The third-order valence-corrected chi connectivity index (χ3v) is 6.70. The molecule has 1 saturated heterocycles. The van der Waals surface area contributed by atoms with Crippen LogP contribution in [0.1, 0.15) is 36.8 Å². The minimum absolute atomic E-state index is 0.144. The molecule has 11 heteroatoms. The molecule has 8 nitrogen and oxygen atoms in total. The van der Waals surface area contributed by atoms with Gasteiger partial charge in [-0.2, -0.15) is 0 Å². The van der Waals surface area contributed by atoms with Gasteiger partial charge in [0.25, 0.3) is 5.91 Å². The largest absolute Gasteiger partial charge is 0.573 e. The van der Waals surface area contributed by atoms with Crippen molar-refractivity contribution in [1.82, 2.24) is 20.0 Å². The van der Waals surface area contributed by atoms with Crippen LogP contribution in [0.25, 0.3) is 11.1 Å². The fraction of sp³-hybridized carbons (Fsp3) is 0.414. The zero-order valence-electron chi connectivity index (χ0n) is 22.9. The highest BCUT2D eigenvalue weighted by molar-refractivity contribution is 5.92. The number of ether oxygens (including phenoxy) is 2. The summed E-state index contributed by atoms with van der Waals surface area (Å²) in [6.45, 7) is 10.6. The van der Waals surface area contributed by atoms with Gasteiger partial charge in [0.05, 0.1) is 6.61 Å². The second-order valence-corrected chi connectivity index (χ2v) is 9.39. The lowest BCUT2D eigenvalue weighted by Crippen LogP contribution is -2.46. The predicted molar refractivity (Wildman–Crippen MR) is 147 cm³/mol. The number of aromatic nitrogens is 2. The van der Waals surface area contributed by atoms with Crippen LogP contribution in [0, 0.1) is 0 Å². The molecule has 1 amide bonds. The molecular formula is C29H34F3N5O3. The molecule has 0 saturated carbocycles. The average Bonchev–Trinajstić information content (AvgIpc) is 2.93. The number of carbonyl (C=O) groups is 1. The molecule has 1 aromatic heterocycles. The van der Waals surface area contributed by atoms with E-state index in [9.17, 15) is 18.0 Å². The number of anilines is 1. The van der Waals surface area contributed by atoms with Crippen molar-refractivity contribution >= 4 is 11.7 Å². The van der Waals surface area contributed by atoms with Crippen molar-refractivity contribution in [2.75, 3.05) is 50.8 Å². The van der Waals surface area contributed by atoms with Crippen LogP contribution in [0.2, 0.25) is 0 Å². The molecular weight excluding hydrogens is 523 g/mol. The van der Waals surface area contributed by atoms with Crippen molar-refractivity contribution in [3.05, 3.63) is 65.9 Å². The van der Waals surface area contributed by atoms with Gasteiger partial charge in [0.15, 0.2) is 11.5 Å². The summed E-state index contributed by atoms with van der Waals surface area (Å²) >= 11 is 0. The van der Waals surface area contributed by atoms with Crippen molar-refractivity contribution in [3.63, 3.8) is 0 Å². The van der Waals surface area contributed by atoms with Crippen LogP contribution in [0.3, 0.4) is 0 Å². The molecule has 1 aliphatic heterocycles. The van der Waals surface area contributed by atoms with E-state index < -0.39 is 6.36 Å². The van der Waals surface area contributed by atoms with E-state index >= 15 is 0 Å². The van der Waals surface area contributed by atoms with Gasteiger partial charge in [-0.05, 0) is 79.9 Å². The van der Waals surface area contributed by atoms with E-state index in [-0.39, 0.29) is 11.7 Å². The molecule has 0 atom stereocenters. The van der Waals surface area contributed by atoms with Gasteiger partial charge in [0, 0.05) is 45.8 Å². The Morgan fingerprint density at radius 2 is 1.62 bits per heavy atom. The molecule has 1 fully saturated rings. The molecule has 2 heterocycles. The summed E-state index contributed by atoms with van der Waals surface area (Å²) in [6, 6.07) is 15.5. The maximum atomic E-state index is 13.1. The number of hydrogen-bond acceptors (Lipinski definition) is 7. The Labute approximate surface area is 232 Å². The van der Waals surface area contributed by atoms with Gasteiger partial charge in [-0.3, -0.25) is 9.69 Å². The smallest absolute Gasteiger partial charge is 0.494 e. The zero-order chi connectivity index (χ0) is 28.7. The van der Waals surface area contributed by atoms with Gasteiger partial charge in [0.2, 0.25) is 0 Å². The molecule has 0 bridgehead atoms. The Hall–Kier alpha value is -3.86. The van der Waals surface area contributed by atoms with Crippen molar-refractivity contribution in [3.8, 4) is 22.6 Å². The molecule has 2 aromatic carbocycles. The summed E-state index contributed by atoms with van der Waals surface area (Å²) in [5, 5.41) is 8.41. The summed E-state index contributed by atoms with van der Waals surface area (Å²) < 4.78 is 49.1. The number of rotatable bonds is 10. The van der Waals surface area contributed by atoms with Gasteiger partial charge in [-0.15, -0.1) is 23.4 Å². The van der Waals surface area contributed by atoms with Crippen LogP contribution in [0.4, 0.5) is 19.0 Å². The van der Waals surface area contributed by atoms with Crippen molar-refractivity contribution in [2.45, 2.75) is 33.7 Å². The van der Waals surface area contributed by atoms with Gasteiger partial charge in [-0.25, -0.2) is 0 Å². The highest BCUT2D eigenvalue weighted by Crippen LogP contribution is 2.32. The molecule has 40 heavy (non-hydrogen) atoms. The minimum Gasteiger partial charge on any atom is -0.494 e. The van der Waals surface area contributed by atoms with Crippen molar-refractivity contribution < 1.29 is 27.4 Å². The van der Waals surface area contributed by atoms with E-state index in [1.165, 1.54) is 12.1 Å². The van der Waals surface area contributed by atoms with Crippen LogP contribution in [0.5, 0.6) is 11.5 Å². The highest BCUT2D eigenvalue weighted by Gasteiger charge is 2.31. The number of halogens is 3. The Morgan fingerprint density at radius 3 is 2.25 bits per heavy atom. The Morgan fingerprint density at radius 1 is 0.900 bits per heavy atom. The van der Waals surface area contributed by atoms with Gasteiger partial charge in [-0.1, -0.05) is 12.1 Å². The Balaban J connectivity index is 1.45. The van der Waals surface area contributed by atoms with Crippen LogP contribution in [-0.4, -0.2) is 78.1 Å². The number of carbonyl (C=O) groups excluding carboxylic acids is 1. The molecule has 214 valence electrons.